The number of hydrogen-bond acceptors (Lipinski definition) is 4. The molecule has 0 bridgehead atoms. The first-order chi connectivity index (χ1) is 9.20. The first-order valence-electron chi connectivity index (χ1n) is 6.18. The summed E-state index contributed by atoms with van der Waals surface area (Å²) in [6, 6.07) is 7.23. The quantitative estimate of drug-likeness (QED) is 0.864. The SMILES string of the molecule is CCOC(=O)NCCC1Oc2ccccc2NC1=O. The van der Waals surface area contributed by atoms with Gasteiger partial charge in [-0.1, -0.05) is 12.1 Å². The number of carbonyl (C=O) groups is 2. The van der Waals surface area contributed by atoms with Crippen molar-refractivity contribution in [1.82, 2.24) is 5.32 Å². The molecule has 2 rings (SSSR count). The molecule has 0 saturated carbocycles. The molecule has 1 aromatic rings. The van der Waals surface area contributed by atoms with Crippen LogP contribution in [0.2, 0.25) is 0 Å². The fourth-order valence-electron chi connectivity index (χ4n) is 1.77. The van der Waals surface area contributed by atoms with E-state index in [-0.39, 0.29) is 5.91 Å². The number of amides is 2. The predicted octanol–water partition coefficient (Wildman–Crippen LogP) is 1.52. The third kappa shape index (κ3) is 3.37. The van der Waals surface area contributed by atoms with Gasteiger partial charge in [0.25, 0.3) is 5.91 Å². The second-order valence-corrected chi connectivity index (χ2v) is 4.03. The Morgan fingerprint density at radius 1 is 1.47 bits per heavy atom. The van der Waals surface area contributed by atoms with Crippen molar-refractivity contribution >= 4 is 17.7 Å². The molecule has 6 heteroatoms. The Morgan fingerprint density at radius 3 is 3.05 bits per heavy atom. The van der Waals surface area contributed by atoms with Crippen molar-refractivity contribution in [3.05, 3.63) is 24.3 Å². The van der Waals surface area contributed by atoms with Gasteiger partial charge < -0.3 is 20.1 Å². The van der Waals surface area contributed by atoms with Gasteiger partial charge in [-0.3, -0.25) is 4.79 Å². The fraction of sp³-hybridized carbons (Fsp3) is 0.385. The van der Waals surface area contributed by atoms with E-state index in [4.69, 9.17) is 9.47 Å². The maximum atomic E-state index is 11.8. The van der Waals surface area contributed by atoms with E-state index in [1.165, 1.54) is 0 Å². The van der Waals surface area contributed by atoms with Gasteiger partial charge in [0.05, 0.1) is 12.3 Å². The molecule has 1 aromatic carbocycles. The summed E-state index contributed by atoms with van der Waals surface area (Å²) in [7, 11) is 0. The van der Waals surface area contributed by atoms with Crippen LogP contribution in [0, 0.1) is 0 Å². The zero-order valence-corrected chi connectivity index (χ0v) is 10.6. The van der Waals surface area contributed by atoms with Gasteiger partial charge in [-0.15, -0.1) is 0 Å². The van der Waals surface area contributed by atoms with Crippen molar-refractivity contribution in [3.63, 3.8) is 0 Å². The van der Waals surface area contributed by atoms with Gasteiger partial charge in [0, 0.05) is 13.0 Å². The summed E-state index contributed by atoms with van der Waals surface area (Å²) in [6.45, 7) is 2.37. The topological polar surface area (TPSA) is 76.7 Å². The van der Waals surface area contributed by atoms with Gasteiger partial charge in [-0.05, 0) is 19.1 Å². The minimum absolute atomic E-state index is 0.204. The van der Waals surface area contributed by atoms with Crippen LogP contribution in [-0.2, 0) is 9.53 Å². The maximum absolute atomic E-state index is 11.8. The Hall–Kier alpha value is -2.24. The molecule has 1 aliphatic rings. The van der Waals surface area contributed by atoms with E-state index in [2.05, 4.69) is 10.6 Å². The summed E-state index contributed by atoms with van der Waals surface area (Å²) in [5, 5.41) is 5.32. The molecule has 1 unspecified atom stereocenters. The summed E-state index contributed by atoms with van der Waals surface area (Å²) in [5.74, 6) is 0.438. The Balaban J connectivity index is 1.85. The monoisotopic (exact) mass is 264 g/mol. The Morgan fingerprint density at radius 2 is 2.26 bits per heavy atom. The molecule has 1 aliphatic heterocycles. The van der Waals surface area contributed by atoms with E-state index in [0.717, 1.165) is 0 Å². The molecule has 19 heavy (non-hydrogen) atoms. The van der Waals surface area contributed by atoms with Gasteiger partial charge in [-0.25, -0.2) is 4.79 Å². The number of nitrogens with one attached hydrogen (secondary N) is 2. The largest absolute Gasteiger partial charge is 0.478 e. The van der Waals surface area contributed by atoms with E-state index in [9.17, 15) is 9.59 Å². The highest BCUT2D eigenvalue weighted by Gasteiger charge is 2.26. The number of carbonyl (C=O) groups excluding carboxylic acids is 2. The number of anilines is 1. The van der Waals surface area contributed by atoms with Crippen LogP contribution >= 0.6 is 0 Å². The van der Waals surface area contributed by atoms with Gasteiger partial charge in [0.1, 0.15) is 5.75 Å². The highest BCUT2D eigenvalue weighted by atomic mass is 16.5. The molecule has 0 saturated heterocycles. The standard InChI is InChI=1S/C13H16N2O4/c1-2-18-13(17)14-8-7-11-12(16)15-9-5-3-4-6-10(9)19-11/h3-6,11H,2,7-8H2,1H3,(H,14,17)(H,15,16). The summed E-state index contributed by atoms with van der Waals surface area (Å²) >= 11 is 0. The van der Waals surface area contributed by atoms with Crippen LogP contribution in [0.15, 0.2) is 24.3 Å². The minimum atomic E-state index is -0.600. The van der Waals surface area contributed by atoms with Crippen LogP contribution in [0.5, 0.6) is 5.75 Å². The molecule has 0 radical (unpaired) electrons. The van der Waals surface area contributed by atoms with Gasteiger partial charge in [-0.2, -0.15) is 0 Å². The number of rotatable bonds is 4. The third-order valence-electron chi connectivity index (χ3n) is 2.66. The lowest BCUT2D eigenvalue weighted by molar-refractivity contribution is -0.123. The zero-order chi connectivity index (χ0) is 13.7. The Bertz CT molecular complexity index is 475. The summed E-state index contributed by atoms with van der Waals surface area (Å²) in [5.41, 5.74) is 0.669. The molecule has 1 atom stereocenters. The first-order valence-corrected chi connectivity index (χ1v) is 6.18. The van der Waals surface area contributed by atoms with Gasteiger partial charge in [0.2, 0.25) is 0 Å². The molecule has 102 valence electrons. The van der Waals surface area contributed by atoms with Crippen molar-refractivity contribution in [2.75, 3.05) is 18.5 Å². The zero-order valence-electron chi connectivity index (χ0n) is 10.6. The Kier molecular flexibility index (Phi) is 4.22. The van der Waals surface area contributed by atoms with Crippen LogP contribution in [0.1, 0.15) is 13.3 Å². The molecule has 0 fully saturated rings. The van der Waals surface area contributed by atoms with Gasteiger partial charge >= 0.3 is 6.09 Å². The summed E-state index contributed by atoms with van der Waals surface area (Å²) < 4.78 is 10.3. The van der Waals surface area contributed by atoms with Gasteiger partial charge in [0.15, 0.2) is 6.10 Å². The lowest BCUT2D eigenvalue weighted by Gasteiger charge is -2.25. The highest BCUT2D eigenvalue weighted by Crippen LogP contribution is 2.29. The van der Waals surface area contributed by atoms with Crippen molar-refractivity contribution in [2.45, 2.75) is 19.4 Å². The van der Waals surface area contributed by atoms with Crippen LogP contribution in [-0.4, -0.2) is 31.3 Å². The molecule has 0 aliphatic carbocycles. The van der Waals surface area contributed by atoms with Crippen LogP contribution in [0.3, 0.4) is 0 Å². The van der Waals surface area contributed by atoms with Crippen LogP contribution in [0.25, 0.3) is 0 Å². The molecule has 0 spiro atoms. The minimum Gasteiger partial charge on any atom is -0.478 e. The number of hydrogen-bond donors (Lipinski definition) is 2. The lowest BCUT2D eigenvalue weighted by atomic mass is 10.1. The number of benzene rings is 1. The Labute approximate surface area is 111 Å². The molecule has 2 N–H and O–H groups in total. The third-order valence-corrected chi connectivity index (χ3v) is 2.66. The van der Waals surface area contributed by atoms with Crippen LogP contribution < -0.4 is 15.4 Å². The normalized spacial score (nSPS) is 16.9. The van der Waals surface area contributed by atoms with E-state index in [1.54, 1.807) is 19.1 Å². The highest BCUT2D eigenvalue weighted by molar-refractivity contribution is 5.97. The number of alkyl carbamates (subject to hydrolysis) is 1. The van der Waals surface area contributed by atoms with Crippen molar-refractivity contribution < 1.29 is 19.1 Å². The molecular weight excluding hydrogens is 248 g/mol. The van der Waals surface area contributed by atoms with Crippen molar-refractivity contribution in [1.29, 1.82) is 0 Å². The smallest absolute Gasteiger partial charge is 0.407 e. The number of fused-ring (bicyclic) bond motifs is 1. The molecule has 1 heterocycles. The second-order valence-electron chi connectivity index (χ2n) is 4.03. The fourth-order valence-corrected chi connectivity index (χ4v) is 1.77. The van der Waals surface area contributed by atoms with Crippen LogP contribution in [0.4, 0.5) is 10.5 Å². The van der Waals surface area contributed by atoms with E-state index in [1.807, 2.05) is 12.1 Å². The first kappa shape index (κ1) is 13.2. The van der Waals surface area contributed by atoms with E-state index in [0.29, 0.717) is 31.0 Å². The lowest BCUT2D eigenvalue weighted by Crippen LogP contribution is -2.39. The van der Waals surface area contributed by atoms with E-state index >= 15 is 0 Å². The summed E-state index contributed by atoms with van der Waals surface area (Å²) in [6.07, 6.45) is -0.699. The number of ether oxygens (including phenoxy) is 2. The summed E-state index contributed by atoms with van der Waals surface area (Å²) in [4.78, 5) is 22.9. The van der Waals surface area contributed by atoms with E-state index < -0.39 is 12.2 Å². The maximum Gasteiger partial charge on any atom is 0.407 e. The molecular formula is C13H16N2O4. The average Bonchev–Trinajstić information content (AvgIpc) is 2.39. The number of para-hydroxylation sites is 2. The van der Waals surface area contributed by atoms with Crippen molar-refractivity contribution in [3.8, 4) is 5.75 Å². The van der Waals surface area contributed by atoms with Crippen molar-refractivity contribution in [2.24, 2.45) is 0 Å². The molecule has 0 aromatic heterocycles. The molecule has 2 amide bonds. The molecule has 6 nitrogen and oxygen atoms in total. The average molecular weight is 264 g/mol. The predicted molar refractivity (Wildman–Crippen MR) is 69.1 cm³/mol. The second kappa shape index (κ2) is 6.08.